The van der Waals surface area contributed by atoms with E-state index in [2.05, 4.69) is 4.72 Å². The molecule has 1 aromatic carbocycles. The smallest absolute Gasteiger partial charge is 0.240 e. The fourth-order valence-electron chi connectivity index (χ4n) is 2.52. The zero-order valence-corrected chi connectivity index (χ0v) is 14.6. The van der Waals surface area contributed by atoms with Crippen LogP contribution in [-0.2, 0) is 32.5 Å². The Hall–Kier alpha value is -1.44. The van der Waals surface area contributed by atoms with Crippen LogP contribution in [0.4, 0.5) is 0 Å². The third-order valence-electron chi connectivity index (χ3n) is 3.79. The summed E-state index contributed by atoms with van der Waals surface area (Å²) in [5.41, 5.74) is 2.00. The van der Waals surface area contributed by atoms with E-state index in [1.165, 1.54) is 6.92 Å². The van der Waals surface area contributed by atoms with E-state index in [-0.39, 0.29) is 23.5 Å². The van der Waals surface area contributed by atoms with Crippen molar-refractivity contribution in [2.45, 2.75) is 44.7 Å². The van der Waals surface area contributed by atoms with Gasteiger partial charge < -0.3 is 9.64 Å². The van der Waals surface area contributed by atoms with Crippen molar-refractivity contribution >= 4 is 15.9 Å². The third-order valence-corrected chi connectivity index (χ3v) is 5.25. The van der Waals surface area contributed by atoms with Gasteiger partial charge in [0.1, 0.15) is 0 Å². The highest BCUT2D eigenvalue weighted by Gasteiger charge is 2.21. The van der Waals surface area contributed by atoms with Crippen LogP contribution < -0.4 is 4.72 Å². The van der Waals surface area contributed by atoms with Crippen molar-refractivity contribution in [3.8, 4) is 0 Å². The molecule has 128 valence electrons. The van der Waals surface area contributed by atoms with E-state index in [0.29, 0.717) is 19.7 Å². The number of amides is 1. The average Bonchev–Trinajstić information content (AvgIpc) is 2.50. The third kappa shape index (κ3) is 4.76. The number of carbonyl (C=O) groups excluding carboxylic acids is 1. The molecule has 2 rings (SSSR count). The van der Waals surface area contributed by atoms with Crippen molar-refractivity contribution in [1.82, 2.24) is 9.62 Å². The maximum Gasteiger partial charge on any atom is 0.240 e. The van der Waals surface area contributed by atoms with Gasteiger partial charge in [-0.2, -0.15) is 0 Å². The molecule has 0 radical (unpaired) electrons. The Morgan fingerprint density at radius 3 is 2.74 bits per heavy atom. The molecule has 6 nitrogen and oxygen atoms in total. The number of carbonyl (C=O) groups is 1. The summed E-state index contributed by atoms with van der Waals surface area (Å²) in [5.74, 6) is 0.00729. The van der Waals surface area contributed by atoms with Crippen molar-refractivity contribution in [2.75, 3.05) is 19.7 Å². The molecule has 0 aliphatic carbocycles. The molecule has 1 aliphatic rings. The number of ether oxygens (including phenoxy) is 1. The number of fused-ring (bicyclic) bond motifs is 1. The number of hydrogen-bond acceptors (Lipinski definition) is 4. The van der Waals surface area contributed by atoms with Crippen LogP contribution in [-0.4, -0.2) is 45.0 Å². The zero-order valence-electron chi connectivity index (χ0n) is 13.8. The lowest BCUT2D eigenvalue weighted by molar-refractivity contribution is -0.129. The maximum absolute atomic E-state index is 12.3. The summed E-state index contributed by atoms with van der Waals surface area (Å²) in [6.45, 7) is 7.04. The van der Waals surface area contributed by atoms with Gasteiger partial charge in [0.05, 0.1) is 17.6 Å². The van der Waals surface area contributed by atoms with Crippen LogP contribution in [0.25, 0.3) is 0 Å². The largest absolute Gasteiger partial charge is 0.377 e. The van der Waals surface area contributed by atoms with Crippen LogP contribution in [0.3, 0.4) is 0 Å². The predicted molar refractivity (Wildman–Crippen MR) is 87.5 cm³/mol. The molecule has 0 unspecified atom stereocenters. The molecule has 0 aromatic heterocycles. The van der Waals surface area contributed by atoms with E-state index >= 15 is 0 Å². The monoisotopic (exact) mass is 340 g/mol. The van der Waals surface area contributed by atoms with Gasteiger partial charge in [0, 0.05) is 26.6 Å². The molecule has 1 aromatic rings. The van der Waals surface area contributed by atoms with Gasteiger partial charge in [-0.25, -0.2) is 13.1 Å². The molecule has 23 heavy (non-hydrogen) atoms. The van der Waals surface area contributed by atoms with Gasteiger partial charge in [0.25, 0.3) is 0 Å². The number of hydrogen-bond donors (Lipinski definition) is 1. The Morgan fingerprint density at radius 1 is 1.35 bits per heavy atom. The molecular formula is C16H24N2O4S. The molecule has 0 saturated heterocycles. The minimum Gasteiger partial charge on any atom is -0.377 e. The molecule has 1 aliphatic heterocycles. The second-order valence-electron chi connectivity index (χ2n) is 5.94. The summed E-state index contributed by atoms with van der Waals surface area (Å²) >= 11 is 0. The average molecular weight is 340 g/mol. The number of benzene rings is 1. The Morgan fingerprint density at radius 2 is 2.09 bits per heavy atom. The highest BCUT2D eigenvalue weighted by atomic mass is 32.2. The summed E-state index contributed by atoms with van der Waals surface area (Å²) in [5, 5.41) is 0. The lowest BCUT2D eigenvalue weighted by Crippen LogP contribution is -2.34. The van der Waals surface area contributed by atoms with Crippen molar-refractivity contribution in [2.24, 2.45) is 0 Å². The zero-order chi connectivity index (χ0) is 17.0. The lowest BCUT2D eigenvalue weighted by atomic mass is 10.00. The standard InChI is InChI=1S/C16H24N2O4S/c1-12(2)22-9-7-17-23(20,21)16-5-4-14-6-8-18(13(3)19)11-15(14)10-16/h4-5,10,12,17H,6-9,11H2,1-3H3. The maximum atomic E-state index is 12.3. The van der Waals surface area contributed by atoms with Gasteiger partial charge in [-0.3, -0.25) is 4.79 Å². The molecule has 0 fully saturated rings. The lowest BCUT2D eigenvalue weighted by Gasteiger charge is -2.28. The van der Waals surface area contributed by atoms with Crippen LogP contribution in [0.15, 0.2) is 23.1 Å². The number of rotatable bonds is 6. The predicted octanol–water partition coefficient (Wildman–Crippen LogP) is 1.29. The second kappa shape index (κ2) is 7.42. The van der Waals surface area contributed by atoms with Gasteiger partial charge >= 0.3 is 0 Å². The molecular weight excluding hydrogens is 316 g/mol. The first-order valence-corrected chi connectivity index (χ1v) is 9.26. The Balaban J connectivity index is 2.08. The Labute approximate surface area is 137 Å². The van der Waals surface area contributed by atoms with Gasteiger partial charge in [-0.1, -0.05) is 6.07 Å². The number of sulfonamides is 1. The first kappa shape index (κ1) is 17.9. The van der Waals surface area contributed by atoms with Crippen LogP contribution in [0.5, 0.6) is 0 Å². The summed E-state index contributed by atoms with van der Waals surface area (Å²) in [6, 6.07) is 5.12. The summed E-state index contributed by atoms with van der Waals surface area (Å²) < 4.78 is 32.5. The summed E-state index contributed by atoms with van der Waals surface area (Å²) in [6.07, 6.45) is 0.825. The van der Waals surface area contributed by atoms with Gasteiger partial charge in [-0.15, -0.1) is 0 Å². The fourth-order valence-corrected chi connectivity index (χ4v) is 3.59. The normalized spacial score (nSPS) is 14.9. The number of nitrogens with zero attached hydrogens (tertiary/aromatic N) is 1. The highest BCUT2D eigenvalue weighted by Crippen LogP contribution is 2.22. The molecule has 1 heterocycles. The molecule has 1 amide bonds. The van der Waals surface area contributed by atoms with Crippen LogP contribution in [0, 0.1) is 0 Å². The number of nitrogens with one attached hydrogen (secondary N) is 1. The SMILES string of the molecule is CC(=O)N1CCc2ccc(S(=O)(=O)NCCOC(C)C)cc2C1. The van der Waals surface area contributed by atoms with Gasteiger partial charge in [0.2, 0.25) is 15.9 Å². The second-order valence-corrected chi connectivity index (χ2v) is 7.71. The topological polar surface area (TPSA) is 75.7 Å². The Bertz CT molecular complexity index is 671. The van der Waals surface area contributed by atoms with Crippen LogP contribution in [0.2, 0.25) is 0 Å². The summed E-state index contributed by atoms with van der Waals surface area (Å²) in [7, 11) is -3.56. The van der Waals surface area contributed by atoms with E-state index in [9.17, 15) is 13.2 Å². The molecule has 7 heteroatoms. The van der Waals surface area contributed by atoms with E-state index in [0.717, 1.165) is 17.5 Å². The van der Waals surface area contributed by atoms with Crippen molar-refractivity contribution in [1.29, 1.82) is 0 Å². The van der Waals surface area contributed by atoms with E-state index in [1.807, 2.05) is 19.9 Å². The molecule has 0 spiro atoms. The molecule has 0 atom stereocenters. The van der Waals surface area contributed by atoms with Crippen LogP contribution >= 0.6 is 0 Å². The van der Waals surface area contributed by atoms with Gasteiger partial charge in [0.15, 0.2) is 0 Å². The quantitative estimate of drug-likeness (QED) is 0.792. The minimum atomic E-state index is -3.56. The molecule has 0 bridgehead atoms. The highest BCUT2D eigenvalue weighted by molar-refractivity contribution is 7.89. The van der Waals surface area contributed by atoms with Crippen molar-refractivity contribution in [3.63, 3.8) is 0 Å². The fraction of sp³-hybridized carbons (Fsp3) is 0.562. The van der Waals surface area contributed by atoms with Gasteiger partial charge in [-0.05, 0) is 43.5 Å². The minimum absolute atomic E-state index is 0.00729. The van der Waals surface area contributed by atoms with E-state index < -0.39 is 10.0 Å². The Kier molecular flexibility index (Phi) is 5.78. The van der Waals surface area contributed by atoms with Crippen LogP contribution in [0.1, 0.15) is 31.9 Å². The molecule has 1 N–H and O–H groups in total. The van der Waals surface area contributed by atoms with E-state index in [4.69, 9.17) is 4.74 Å². The first-order chi connectivity index (χ1) is 10.8. The summed E-state index contributed by atoms with van der Waals surface area (Å²) in [4.78, 5) is 13.5. The molecule has 0 saturated carbocycles. The van der Waals surface area contributed by atoms with Crippen molar-refractivity contribution < 1.29 is 17.9 Å². The van der Waals surface area contributed by atoms with Crippen molar-refractivity contribution in [3.05, 3.63) is 29.3 Å². The van der Waals surface area contributed by atoms with E-state index in [1.54, 1.807) is 17.0 Å². The first-order valence-electron chi connectivity index (χ1n) is 7.78.